The summed E-state index contributed by atoms with van der Waals surface area (Å²) < 4.78 is 5.11. The predicted octanol–water partition coefficient (Wildman–Crippen LogP) is 4.39. The number of carbonyl (C=O) groups is 2. The SMILES string of the molecule is COc1cccc(C(=O)NNC(=O)CCc2cc(C(C)(C)C)c(O)c(C(C)(C)C)c2)c1. The van der Waals surface area contributed by atoms with E-state index in [0.717, 1.165) is 16.7 Å². The number of hydrogen-bond donors (Lipinski definition) is 3. The highest BCUT2D eigenvalue weighted by atomic mass is 16.5. The van der Waals surface area contributed by atoms with Crippen LogP contribution in [0, 0.1) is 0 Å². The summed E-state index contributed by atoms with van der Waals surface area (Å²) in [5.41, 5.74) is 7.53. The molecule has 0 radical (unpaired) electrons. The first-order valence-electron chi connectivity index (χ1n) is 10.4. The van der Waals surface area contributed by atoms with Gasteiger partial charge in [0.05, 0.1) is 7.11 Å². The third kappa shape index (κ3) is 6.48. The maximum absolute atomic E-state index is 12.3. The first kappa shape index (κ1) is 24.3. The summed E-state index contributed by atoms with van der Waals surface area (Å²) in [5.74, 6) is 0.176. The van der Waals surface area contributed by atoms with Crippen LogP contribution in [-0.2, 0) is 22.0 Å². The lowest BCUT2D eigenvalue weighted by Crippen LogP contribution is -2.41. The Bertz CT molecular complexity index is 918. The van der Waals surface area contributed by atoms with E-state index in [1.165, 1.54) is 7.11 Å². The van der Waals surface area contributed by atoms with Crippen molar-refractivity contribution >= 4 is 11.8 Å². The molecular formula is C25H34N2O4. The summed E-state index contributed by atoms with van der Waals surface area (Å²) in [6, 6.07) is 10.6. The molecule has 0 unspecified atom stereocenters. The molecule has 0 aliphatic rings. The number of phenols is 1. The number of aromatic hydroxyl groups is 1. The van der Waals surface area contributed by atoms with Crippen molar-refractivity contribution < 1.29 is 19.4 Å². The van der Waals surface area contributed by atoms with Gasteiger partial charge in [0.25, 0.3) is 5.91 Å². The molecule has 6 heteroatoms. The van der Waals surface area contributed by atoms with Crippen molar-refractivity contribution in [1.82, 2.24) is 10.9 Å². The highest BCUT2D eigenvalue weighted by Crippen LogP contribution is 2.39. The average Bonchev–Trinajstić information content (AvgIpc) is 2.69. The van der Waals surface area contributed by atoms with Crippen LogP contribution in [-0.4, -0.2) is 24.0 Å². The number of ether oxygens (including phenoxy) is 1. The van der Waals surface area contributed by atoms with Gasteiger partial charge in [0.1, 0.15) is 11.5 Å². The lowest BCUT2D eigenvalue weighted by Gasteiger charge is -2.28. The molecule has 0 aliphatic heterocycles. The molecule has 0 spiro atoms. The molecule has 0 aliphatic carbocycles. The second-order valence-corrected chi connectivity index (χ2v) is 9.77. The van der Waals surface area contributed by atoms with Crippen molar-refractivity contribution in [3.8, 4) is 11.5 Å². The molecule has 0 heterocycles. The molecule has 0 saturated heterocycles. The minimum Gasteiger partial charge on any atom is -0.507 e. The number of nitrogens with one attached hydrogen (secondary N) is 2. The zero-order chi connectivity index (χ0) is 23.4. The summed E-state index contributed by atoms with van der Waals surface area (Å²) in [5, 5.41) is 10.8. The van der Waals surface area contributed by atoms with Gasteiger partial charge in [-0.3, -0.25) is 20.4 Å². The van der Waals surface area contributed by atoms with Crippen LogP contribution in [0.2, 0.25) is 0 Å². The highest BCUT2D eigenvalue weighted by molar-refractivity contribution is 5.95. The maximum atomic E-state index is 12.3. The van der Waals surface area contributed by atoms with Gasteiger partial charge in [-0.1, -0.05) is 59.7 Å². The van der Waals surface area contributed by atoms with Crippen LogP contribution in [0.5, 0.6) is 11.5 Å². The van der Waals surface area contributed by atoms with Crippen LogP contribution in [0.25, 0.3) is 0 Å². The summed E-state index contributed by atoms with van der Waals surface area (Å²) in [6.45, 7) is 12.3. The van der Waals surface area contributed by atoms with E-state index in [9.17, 15) is 14.7 Å². The number of phenolic OH excluding ortho intramolecular Hbond substituents is 1. The van der Waals surface area contributed by atoms with Crippen molar-refractivity contribution in [3.63, 3.8) is 0 Å². The van der Waals surface area contributed by atoms with Gasteiger partial charge in [-0.05, 0) is 52.1 Å². The number of rotatable bonds is 5. The molecule has 0 saturated carbocycles. The number of aryl methyl sites for hydroxylation is 1. The van der Waals surface area contributed by atoms with Crippen LogP contribution < -0.4 is 15.6 Å². The Morgan fingerprint density at radius 1 is 0.935 bits per heavy atom. The fourth-order valence-electron chi connectivity index (χ4n) is 3.27. The van der Waals surface area contributed by atoms with Gasteiger partial charge in [-0.15, -0.1) is 0 Å². The normalized spacial score (nSPS) is 11.7. The quantitative estimate of drug-likeness (QED) is 0.619. The van der Waals surface area contributed by atoms with Gasteiger partial charge in [0.2, 0.25) is 5.91 Å². The van der Waals surface area contributed by atoms with E-state index >= 15 is 0 Å². The van der Waals surface area contributed by atoms with Crippen molar-refractivity contribution in [1.29, 1.82) is 0 Å². The van der Waals surface area contributed by atoms with Crippen LogP contribution in [0.4, 0.5) is 0 Å². The number of hydrogen-bond acceptors (Lipinski definition) is 4. The molecule has 0 fully saturated rings. The minimum absolute atomic E-state index is 0.205. The fraction of sp³-hybridized carbons (Fsp3) is 0.440. The zero-order valence-corrected chi connectivity index (χ0v) is 19.6. The zero-order valence-electron chi connectivity index (χ0n) is 19.6. The Morgan fingerprint density at radius 2 is 1.52 bits per heavy atom. The number of carbonyl (C=O) groups excluding carboxylic acids is 2. The molecule has 2 rings (SSSR count). The molecule has 0 aromatic heterocycles. The van der Waals surface area contributed by atoms with Crippen molar-refractivity contribution in [2.75, 3.05) is 7.11 Å². The van der Waals surface area contributed by atoms with Gasteiger partial charge in [0, 0.05) is 12.0 Å². The van der Waals surface area contributed by atoms with E-state index in [0.29, 0.717) is 23.5 Å². The van der Waals surface area contributed by atoms with Crippen LogP contribution in [0.15, 0.2) is 36.4 Å². The van der Waals surface area contributed by atoms with Gasteiger partial charge in [-0.25, -0.2) is 0 Å². The standard InChI is InChI=1S/C25H34N2O4/c1-24(2,3)19-13-16(14-20(22(19)29)25(4,5)6)11-12-21(28)26-27-23(30)17-9-8-10-18(15-17)31-7/h8-10,13-15,29H,11-12H2,1-7H3,(H,26,28)(H,27,30). The van der Waals surface area contributed by atoms with E-state index in [-0.39, 0.29) is 23.2 Å². The molecular weight excluding hydrogens is 392 g/mol. The van der Waals surface area contributed by atoms with Gasteiger partial charge in [-0.2, -0.15) is 0 Å². The van der Waals surface area contributed by atoms with E-state index in [1.807, 2.05) is 12.1 Å². The first-order valence-corrected chi connectivity index (χ1v) is 10.4. The summed E-state index contributed by atoms with van der Waals surface area (Å²) >= 11 is 0. The molecule has 2 aromatic carbocycles. The van der Waals surface area contributed by atoms with Gasteiger partial charge >= 0.3 is 0 Å². The Labute approximate surface area is 185 Å². The molecule has 31 heavy (non-hydrogen) atoms. The van der Waals surface area contributed by atoms with Gasteiger partial charge < -0.3 is 9.84 Å². The predicted molar refractivity (Wildman–Crippen MR) is 122 cm³/mol. The number of benzene rings is 2. The second-order valence-electron chi connectivity index (χ2n) is 9.77. The molecule has 2 aromatic rings. The number of hydrazine groups is 1. The average molecular weight is 427 g/mol. The molecule has 168 valence electrons. The van der Waals surface area contributed by atoms with Crippen LogP contribution in [0.1, 0.15) is 75.0 Å². The Hall–Kier alpha value is -3.02. The third-order valence-electron chi connectivity index (χ3n) is 5.07. The smallest absolute Gasteiger partial charge is 0.269 e. The van der Waals surface area contributed by atoms with Crippen molar-refractivity contribution in [2.24, 2.45) is 0 Å². The van der Waals surface area contributed by atoms with E-state index in [2.05, 4.69) is 52.4 Å². The van der Waals surface area contributed by atoms with Crippen molar-refractivity contribution in [3.05, 3.63) is 58.7 Å². The van der Waals surface area contributed by atoms with Crippen LogP contribution >= 0.6 is 0 Å². The Morgan fingerprint density at radius 3 is 2.03 bits per heavy atom. The molecule has 0 atom stereocenters. The molecule has 0 bridgehead atoms. The molecule has 6 nitrogen and oxygen atoms in total. The lowest BCUT2D eigenvalue weighted by molar-refractivity contribution is -0.121. The number of methoxy groups -OCH3 is 1. The minimum atomic E-state index is -0.415. The highest BCUT2D eigenvalue weighted by Gasteiger charge is 2.26. The number of amides is 2. The summed E-state index contributed by atoms with van der Waals surface area (Å²) in [6.07, 6.45) is 0.698. The first-order chi connectivity index (χ1) is 14.3. The summed E-state index contributed by atoms with van der Waals surface area (Å²) in [7, 11) is 1.53. The monoisotopic (exact) mass is 426 g/mol. The summed E-state index contributed by atoms with van der Waals surface area (Å²) in [4.78, 5) is 24.5. The van der Waals surface area contributed by atoms with E-state index < -0.39 is 5.91 Å². The molecule has 2 amide bonds. The van der Waals surface area contributed by atoms with E-state index in [4.69, 9.17) is 4.74 Å². The largest absolute Gasteiger partial charge is 0.507 e. The topological polar surface area (TPSA) is 87.7 Å². The Kier molecular flexibility index (Phi) is 7.37. The maximum Gasteiger partial charge on any atom is 0.269 e. The van der Waals surface area contributed by atoms with Gasteiger partial charge in [0.15, 0.2) is 0 Å². The Balaban J connectivity index is 2.06. The van der Waals surface area contributed by atoms with E-state index in [1.54, 1.807) is 24.3 Å². The second kappa shape index (κ2) is 9.41. The van der Waals surface area contributed by atoms with Crippen molar-refractivity contribution in [2.45, 2.75) is 65.2 Å². The third-order valence-corrected chi connectivity index (χ3v) is 5.07. The lowest BCUT2D eigenvalue weighted by atomic mass is 9.78. The molecule has 3 N–H and O–H groups in total. The fourth-order valence-corrected chi connectivity index (χ4v) is 3.27. The van der Waals surface area contributed by atoms with Crippen LogP contribution in [0.3, 0.4) is 0 Å².